The largest absolute Gasteiger partial charge is 0.260 e. The van der Waals surface area contributed by atoms with Crippen LogP contribution in [0.1, 0.15) is 12.8 Å². The molecular weight excluding hydrogens is 304 g/mol. The average Bonchev–Trinajstić information content (AvgIpc) is 2.69. The highest BCUT2D eigenvalue weighted by Crippen LogP contribution is 2.23. The normalized spacial score (nSPS) is 25.9. The van der Waals surface area contributed by atoms with E-state index in [0.29, 0.717) is 24.3 Å². The predicted octanol–water partition coefficient (Wildman–Crippen LogP) is 0.986. The van der Waals surface area contributed by atoms with Gasteiger partial charge in [0.25, 0.3) is 10.0 Å². The maximum Gasteiger partial charge on any atom is 0.251 e. The molecule has 9 heteroatoms. The van der Waals surface area contributed by atoms with Crippen LogP contribution in [0.4, 0.5) is 0 Å². The van der Waals surface area contributed by atoms with Gasteiger partial charge in [-0.3, -0.25) is 4.21 Å². The fraction of sp³-hybridized carbons (Fsp3) is 0.625. The van der Waals surface area contributed by atoms with Crippen molar-refractivity contribution in [2.75, 3.05) is 11.5 Å². The number of aromatic nitrogens is 1. The summed E-state index contributed by atoms with van der Waals surface area (Å²) in [7, 11) is -4.33. The van der Waals surface area contributed by atoms with Gasteiger partial charge in [-0.25, -0.2) is 18.1 Å². The lowest BCUT2D eigenvalue weighted by atomic mass is 10.2. The standard InChI is InChI=1S/C8H11ClN2O3S3/c9-8-10-5-7(15-8)17(13,14)11-6-1-3-16(12)4-2-6/h5-6,11H,1-4H2. The molecule has 1 N–H and O–H groups in total. The monoisotopic (exact) mass is 314 g/mol. The molecule has 1 aliphatic rings. The number of hydrogen-bond donors (Lipinski definition) is 1. The van der Waals surface area contributed by atoms with Crippen LogP contribution in [0, 0.1) is 0 Å². The maximum atomic E-state index is 11.9. The van der Waals surface area contributed by atoms with Gasteiger partial charge >= 0.3 is 0 Å². The smallest absolute Gasteiger partial charge is 0.251 e. The molecule has 1 aromatic rings. The Bertz CT molecular complexity index is 518. The van der Waals surface area contributed by atoms with Gasteiger partial charge in [0.15, 0.2) is 8.68 Å². The van der Waals surface area contributed by atoms with E-state index in [1.54, 1.807) is 0 Å². The van der Waals surface area contributed by atoms with Gasteiger partial charge in [-0.05, 0) is 12.8 Å². The number of rotatable bonds is 3. The van der Waals surface area contributed by atoms with Crippen LogP contribution in [0.5, 0.6) is 0 Å². The molecule has 96 valence electrons. The molecule has 0 saturated carbocycles. The van der Waals surface area contributed by atoms with Gasteiger partial charge in [-0.1, -0.05) is 22.9 Å². The third-order valence-electron chi connectivity index (χ3n) is 2.43. The van der Waals surface area contributed by atoms with E-state index in [-0.39, 0.29) is 14.7 Å². The summed E-state index contributed by atoms with van der Waals surface area (Å²) in [4.78, 5) is 3.70. The molecule has 2 rings (SSSR count). The molecule has 0 atom stereocenters. The first-order valence-corrected chi connectivity index (χ1v) is 9.12. The molecule has 2 heterocycles. The van der Waals surface area contributed by atoms with E-state index in [9.17, 15) is 12.6 Å². The Kier molecular flexibility index (Phi) is 4.19. The molecule has 0 aromatic carbocycles. The molecule has 0 spiro atoms. The van der Waals surface area contributed by atoms with Crippen LogP contribution in [-0.4, -0.2) is 35.2 Å². The molecule has 0 amide bonds. The van der Waals surface area contributed by atoms with Gasteiger partial charge in [0.1, 0.15) is 0 Å². The quantitative estimate of drug-likeness (QED) is 0.902. The Labute approximate surface area is 111 Å². The molecule has 1 fully saturated rings. The van der Waals surface area contributed by atoms with Gasteiger partial charge in [0.05, 0.1) is 6.20 Å². The van der Waals surface area contributed by atoms with Crippen molar-refractivity contribution in [3.63, 3.8) is 0 Å². The lowest BCUT2D eigenvalue weighted by Crippen LogP contribution is -2.39. The van der Waals surface area contributed by atoms with E-state index in [2.05, 4.69) is 9.71 Å². The topological polar surface area (TPSA) is 76.1 Å². The minimum atomic E-state index is -3.53. The van der Waals surface area contributed by atoms with Gasteiger partial charge < -0.3 is 0 Å². The highest BCUT2D eigenvalue weighted by Gasteiger charge is 2.25. The molecule has 1 aromatic heterocycles. The molecule has 1 saturated heterocycles. The number of halogens is 1. The summed E-state index contributed by atoms with van der Waals surface area (Å²) in [6, 6.07) is -0.140. The van der Waals surface area contributed by atoms with E-state index in [1.165, 1.54) is 6.20 Å². The third kappa shape index (κ3) is 3.47. The number of nitrogens with one attached hydrogen (secondary N) is 1. The first-order valence-electron chi connectivity index (χ1n) is 4.96. The number of hydrogen-bond acceptors (Lipinski definition) is 5. The van der Waals surface area contributed by atoms with Gasteiger partial charge in [-0.2, -0.15) is 0 Å². The lowest BCUT2D eigenvalue weighted by Gasteiger charge is -2.21. The zero-order chi connectivity index (χ0) is 12.5. The van der Waals surface area contributed by atoms with Crippen molar-refractivity contribution in [2.24, 2.45) is 0 Å². The molecule has 0 unspecified atom stereocenters. The maximum absolute atomic E-state index is 11.9. The van der Waals surface area contributed by atoms with Gasteiger partial charge in [-0.15, -0.1) is 0 Å². The van der Waals surface area contributed by atoms with Crippen molar-refractivity contribution in [2.45, 2.75) is 23.1 Å². The minimum absolute atomic E-state index is 0.120. The SMILES string of the molecule is O=S1CCC(NS(=O)(=O)c2cnc(Cl)s2)CC1. The Morgan fingerprint density at radius 2 is 2.12 bits per heavy atom. The van der Waals surface area contributed by atoms with Crippen LogP contribution in [0.25, 0.3) is 0 Å². The van der Waals surface area contributed by atoms with Crippen LogP contribution < -0.4 is 4.72 Å². The number of sulfonamides is 1. The Hall–Kier alpha value is -0.0200. The van der Waals surface area contributed by atoms with Crippen LogP contribution in [0.3, 0.4) is 0 Å². The summed E-state index contributed by atoms with van der Waals surface area (Å²) in [5, 5.41) is 0. The number of nitrogens with zero attached hydrogens (tertiary/aromatic N) is 1. The van der Waals surface area contributed by atoms with E-state index in [4.69, 9.17) is 11.6 Å². The summed E-state index contributed by atoms with van der Waals surface area (Å²) < 4.78 is 37.9. The zero-order valence-electron chi connectivity index (χ0n) is 8.76. The summed E-state index contributed by atoms with van der Waals surface area (Å²) >= 11 is 6.53. The minimum Gasteiger partial charge on any atom is -0.260 e. The predicted molar refractivity (Wildman–Crippen MR) is 68.3 cm³/mol. The molecule has 0 aliphatic carbocycles. The highest BCUT2D eigenvalue weighted by molar-refractivity contribution is 7.91. The van der Waals surface area contributed by atoms with E-state index in [1.807, 2.05) is 0 Å². The first kappa shape index (κ1) is 13.4. The van der Waals surface area contributed by atoms with Crippen molar-refractivity contribution < 1.29 is 12.6 Å². The first-order chi connectivity index (χ1) is 7.97. The second-order valence-corrected chi connectivity index (χ2v) is 8.93. The highest BCUT2D eigenvalue weighted by atomic mass is 35.5. The molecule has 1 aliphatic heterocycles. The summed E-state index contributed by atoms with van der Waals surface area (Å²) in [5.41, 5.74) is 0. The second-order valence-electron chi connectivity index (χ2n) is 3.68. The molecule has 0 radical (unpaired) electrons. The van der Waals surface area contributed by atoms with Crippen molar-refractivity contribution in [1.29, 1.82) is 0 Å². The fourth-order valence-corrected chi connectivity index (χ4v) is 5.47. The molecule has 5 nitrogen and oxygen atoms in total. The Balaban J connectivity index is 2.05. The van der Waals surface area contributed by atoms with Gasteiger partial charge in [0.2, 0.25) is 0 Å². The van der Waals surface area contributed by atoms with Crippen LogP contribution in [0.15, 0.2) is 10.4 Å². The van der Waals surface area contributed by atoms with Crippen molar-refractivity contribution in [1.82, 2.24) is 9.71 Å². The Morgan fingerprint density at radius 3 is 2.65 bits per heavy atom. The molecule has 0 bridgehead atoms. The van der Waals surface area contributed by atoms with Crippen LogP contribution >= 0.6 is 22.9 Å². The van der Waals surface area contributed by atoms with E-state index >= 15 is 0 Å². The molecular formula is C8H11ClN2O3S3. The average molecular weight is 315 g/mol. The fourth-order valence-electron chi connectivity index (χ4n) is 1.55. The lowest BCUT2D eigenvalue weighted by molar-refractivity contribution is 0.523. The van der Waals surface area contributed by atoms with Crippen LogP contribution in [0.2, 0.25) is 4.47 Å². The van der Waals surface area contributed by atoms with Crippen molar-refractivity contribution in [3.05, 3.63) is 10.7 Å². The number of thiazole rings is 1. The summed E-state index contributed by atoms with van der Waals surface area (Å²) in [6.07, 6.45) is 2.47. The van der Waals surface area contributed by atoms with E-state index < -0.39 is 20.8 Å². The summed E-state index contributed by atoms with van der Waals surface area (Å²) in [6.45, 7) is 0. The second kappa shape index (κ2) is 5.31. The van der Waals surface area contributed by atoms with Crippen molar-refractivity contribution >= 4 is 43.8 Å². The van der Waals surface area contributed by atoms with Crippen molar-refractivity contribution in [3.8, 4) is 0 Å². The summed E-state index contributed by atoms with van der Waals surface area (Å²) in [5.74, 6) is 1.10. The van der Waals surface area contributed by atoms with Gasteiger partial charge in [0, 0.05) is 28.3 Å². The molecule has 17 heavy (non-hydrogen) atoms. The van der Waals surface area contributed by atoms with Crippen LogP contribution in [-0.2, 0) is 20.8 Å². The third-order valence-corrected chi connectivity index (χ3v) is 6.91. The Morgan fingerprint density at radius 1 is 1.47 bits per heavy atom. The van der Waals surface area contributed by atoms with E-state index in [0.717, 1.165) is 11.3 Å². The zero-order valence-corrected chi connectivity index (χ0v) is 12.0.